The maximum absolute atomic E-state index is 12.1. The van der Waals surface area contributed by atoms with Crippen LogP contribution in [0.5, 0.6) is 5.75 Å². The number of benzene rings is 2. The summed E-state index contributed by atoms with van der Waals surface area (Å²) in [6.07, 6.45) is 4.21. The molecular weight excluding hydrogens is 372 g/mol. The number of rotatable bonds is 10. The van der Waals surface area contributed by atoms with Gasteiger partial charge in [-0.3, -0.25) is 4.68 Å². The first-order chi connectivity index (χ1) is 13.7. The zero-order valence-electron chi connectivity index (χ0n) is 16.0. The van der Waals surface area contributed by atoms with Crippen LogP contribution in [-0.2, 0) is 24.5 Å². The molecule has 1 heterocycles. The van der Waals surface area contributed by atoms with Crippen molar-refractivity contribution in [2.45, 2.75) is 17.2 Å². The third-order valence-corrected chi connectivity index (χ3v) is 5.54. The highest BCUT2D eigenvalue weighted by Crippen LogP contribution is 2.23. The fourth-order valence-corrected chi connectivity index (χ4v) is 3.80. The number of aryl methyl sites for hydroxylation is 1. The molecule has 2 unspecified atom stereocenters. The van der Waals surface area contributed by atoms with Crippen LogP contribution in [0.3, 0.4) is 0 Å². The first-order valence-corrected chi connectivity index (χ1v) is 10.4. The number of hydrogen-bond donors (Lipinski definition) is 2. The summed E-state index contributed by atoms with van der Waals surface area (Å²) in [5.74, 6) is 1.03. The van der Waals surface area contributed by atoms with Crippen molar-refractivity contribution in [2.24, 2.45) is 12.8 Å². The predicted octanol–water partition coefficient (Wildman–Crippen LogP) is 2.40. The molecule has 6 nitrogen and oxygen atoms in total. The van der Waals surface area contributed by atoms with E-state index in [1.54, 1.807) is 24.1 Å². The monoisotopic (exact) mass is 398 g/mol. The van der Waals surface area contributed by atoms with Crippen molar-refractivity contribution in [2.75, 3.05) is 19.7 Å². The average molecular weight is 399 g/mol. The Morgan fingerprint density at radius 2 is 2.04 bits per heavy atom. The van der Waals surface area contributed by atoms with Crippen LogP contribution in [0.2, 0.25) is 0 Å². The van der Waals surface area contributed by atoms with E-state index < -0.39 is 11.0 Å². The van der Waals surface area contributed by atoms with Gasteiger partial charge in [-0.05, 0) is 36.2 Å². The largest absolute Gasteiger partial charge is 0.492 e. The molecule has 2 aromatic carbocycles. The number of ether oxygens (including phenoxy) is 1. The number of nitrogens with two attached hydrogens (primary N) is 1. The molecule has 0 fully saturated rings. The maximum Gasteiger partial charge on any atom is 0.128 e. The van der Waals surface area contributed by atoms with Gasteiger partial charge >= 0.3 is 0 Å². The Balaban J connectivity index is 1.51. The molecule has 2 atom stereocenters. The topological polar surface area (TPSA) is 82.2 Å². The van der Waals surface area contributed by atoms with E-state index in [0.29, 0.717) is 24.6 Å². The van der Waals surface area contributed by atoms with E-state index in [0.717, 1.165) is 17.7 Å². The van der Waals surface area contributed by atoms with Crippen LogP contribution in [-0.4, -0.2) is 33.7 Å². The summed E-state index contributed by atoms with van der Waals surface area (Å²) in [4.78, 5) is 0.649. The quantitative estimate of drug-likeness (QED) is 0.514. The van der Waals surface area contributed by atoms with Gasteiger partial charge in [0.25, 0.3) is 0 Å². The number of aromatic nitrogens is 2. The van der Waals surface area contributed by atoms with Gasteiger partial charge in [0.1, 0.15) is 23.3 Å². The minimum Gasteiger partial charge on any atom is -0.492 e. The van der Waals surface area contributed by atoms with Gasteiger partial charge in [0, 0.05) is 25.7 Å². The molecule has 1 aromatic heterocycles. The molecule has 0 aliphatic rings. The second kappa shape index (κ2) is 10.2. The van der Waals surface area contributed by atoms with E-state index in [1.807, 2.05) is 36.4 Å². The molecule has 3 aromatic rings. The van der Waals surface area contributed by atoms with Crippen LogP contribution in [0.4, 0.5) is 0 Å². The maximum atomic E-state index is 12.1. The van der Waals surface area contributed by atoms with Crippen LogP contribution in [0, 0.1) is 0 Å². The van der Waals surface area contributed by atoms with Crippen LogP contribution in [0.1, 0.15) is 17.0 Å². The molecule has 0 amide bonds. The fourth-order valence-electron chi connectivity index (χ4n) is 2.98. The second-order valence-electron chi connectivity index (χ2n) is 6.56. The van der Waals surface area contributed by atoms with Gasteiger partial charge < -0.3 is 10.5 Å². The van der Waals surface area contributed by atoms with E-state index in [2.05, 4.69) is 28.0 Å². The Morgan fingerprint density at radius 1 is 1.21 bits per heavy atom. The van der Waals surface area contributed by atoms with E-state index in [9.17, 15) is 4.21 Å². The Hall–Kier alpha value is -2.48. The molecule has 3 rings (SSSR count). The van der Waals surface area contributed by atoms with Crippen molar-refractivity contribution in [1.82, 2.24) is 14.5 Å². The van der Waals surface area contributed by atoms with Crippen molar-refractivity contribution in [3.63, 3.8) is 0 Å². The predicted molar refractivity (Wildman–Crippen MR) is 111 cm³/mol. The summed E-state index contributed by atoms with van der Waals surface area (Å²) in [5.41, 5.74) is 8.46. The summed E-state index contributed by atoms with van der Waals surface area (Å²) in [6.45, 7) is 1.46. The smallest absolute Gasteiger partial charge is 0.128 e. The highest BCUT2D eigenvalue weighted by Gasteiger charge is 2.12. The van der Waals surface area contributed by atoms with Gasteiger partial charge in [-0.15, -0.1) is 0 Å². The standard InChI is InChI=1S/C21H26N4O2S/c1-25-16-21(15-23-25)28(26)24-10-11-27-20-9-5-8-18(13-20)19(14-22)12-17-6-3-2-4-7-17/h2-9,13,15-16,19,24H,10-12,14,22H2,1H3. The summed E-state index contributed by atoms with van der Waals surface area (Å²) < 4.78 is 22.5. The van der Waals surface area contributed by atoms with Crippen molar-refractivity contribution in [3.8, 4) is 5.75 Å². The Labute approximate surface area is 168 Å². The molecule has 0 aliphatic carbocycles. The minimum atomic E-state index is -1.29. The van der Waals surface area contributed by atoms with E-state index in [-0.39, 0.29) is 5.92 Å². The van der Waals surface area contributed by atoms with Crippen molar-refractivity contribution in [3.05, 3.63) is 78.1 Å². The van der Waals surface area contributed by atoms with Crippen LogP contribution < -0.4 is 15.2 Å². The van der Waals surface area contributed by atoms with Gasteiger partial charge in [-0.25, -0.2) is 8.93 Å². The van der Waals surface area contributed by atoms with Gasteiger partial charge in [0.2, 0.25) is 0 Å². The molecule has 7 heteroatoms. The third-order valence-electron chi connectivity index (χ3n) is 4.44. The Bertz CT molecular complexity index is 898. The van der Waals surface area contributed by atoms with Gasteiger partial charge in [0.15, 0.2) is 0 Å². The third kappa shape index (κ3) is 5.76. The molecule has 0 saturated heterocycles. The van der Waals surface area contributed by atoms with Crippen LogP contribution in [0.15, 0.2) is 71.9 Å². The summed E-state index contributed by atoms with van der Waals surface area (Å²) in [6, 6.07) is 18.4. The van der Waals surface area contributed by atoms with E-state index in [1.165, 1.54) is 5.56 Å². The van der Waals surface area contributed by atoms with E-state index >= 15 is 0 Å². The molecule has 28 heavy (non-hydrogen) atoms. The minimum absolute atomic E-state index is 0.238. The summed E-state index contributed by atoms with van der Waals surface area (Å²) in [7, 11) is 0.509. The summed E-state index contributed by atoms with van der Waals surface area (Å²) >= 11 is 0. The molecule has 0 spiro atoms. The van der Waals surface area contributed by atoms with Crippen molar-refractivity contribution >= 4 is 11.0 Å². The number of nitrogens with zero attached hydrogens (tertiary/aromatic N) is 2. The Kier molecular flexibility index (Phi) is 7.36. The van der Waals surface area contributed by atoms with Gasteiger partial charge in [-0.1, -0.05) is 42.5 Å². The molecule has 0 aliphatic heterocycles. The molecule has 0 saturated carbocycles. The lowest BCUT2D eigenvalue weighted by molar-refractivity contribution is 0.323. The van der Waals surface area contributed by atoms with Gasteiger partial charge in [-0.2, -0.15) is 5.10 Å². The zero-order chi connectivity index (χ0) is 19.8. The molecule has 0 bridgehead atoms. The normalized spacial score (nSPS) is 13.2. The first-order valence-electron chi connectivity index (χ1n) is 9.26. The molecule has 0 radical (unpaired) electrons. The molecule has 148 valence electrons. The molecule has 3 N–H and O–H groups in total. The lowest BCUT2D eigenvalue weighted by Gasteiger charge is -2.17. The second-order valence-corrected chi connectivity index (χ2v) is 7.85. The van der Waals surface area contributed by atoms with Crippen molar-refractivity contribution < 1.29 is 8.95 Å². The highest BCUT2D eigenvalue weighted by molar-refractivity contribution is 7.83. The fraction of sp³-hybridized carbons (Fsp3) is 0.286. The summed E-state index contributed by atoms with van der Waals surface area (Å²) in [5, 5.41) is 4.02. The highest BCUT2D eigenvalue weighted by atomic mass is 32.2. The van der Waals surface area contributed by atoms with Crippen LogP contribution >= 0.6 is 0 Å². The zero-order valence-corrected chi connectivity index (χ0v) is 16.8. The lowest BCUT2D eigenvalue weighted by atomic mass is 9.92. The lowest BCUT2D eigenvalue weighted by Crippen LogP contribution is -2.23. The number of nitrogens with one attached hydrogen (secondary N) is 1. The van der Waals surface area contributed by atoms with Gasteiger partial charge in [0.05, 0.1) is 11.1 Å². The van der Waals surface area contributed by atoms with Crippen LogP contribution in [0.25, 0.3) is 0 Å². The molecular formula is C21H26N4O2S. The first kappa shape index (κ1) is 20.3. The average Bonchev–Trinajstić information content (AvgIpc) is 3.17. The van der Waals surface area contributed by atoms with Crippen molar-refractivity contribution in [1.29, 1.82) is 0 Å². The van der Waals surface area contributed by atoms with E-state index in [4.69, 9.17) is 10.5 Å². The Morgan fingerprint density at radius 3 is 2.75 bits per heavy atom. The number of hydrogen-bond acceptors (Lipinski definition) is 4. The SMILES string of the molecule is Cn1cc(S(=O)NCCOc2cccc(C(CN)Cc3ccccc3)c2)cn1.